The molecule has 1 spiro atoms. The minimum atomic E-state index is -0.636. The highest BCUT2D eigenvalue weighted by molar-refractivity contribution is 5.72. The van der Waals surface area contributed by atoms with Crippen LogP contribution < -0.4 is 4.74 Å². The number of hydrogen-bond acceptors (Lipinski definition) is 4. The van der Waals surface area contributed by atoms with Crippen LogP contribution in [0.5, 0.6) is 5.75 Å². The van der Waals surface area contributed by atoms with Crippen LogP contribution in [0.15, 0.2) is 24.3 Å². The van der Waals surface area contributed by atoms with Gasteiger partial charge >= 0.3 is 5.97 Å². The van der Waals surface area contributed by atoms with Crippen LogP contribution in [0.1, 0.15) is 18.4 Å². The highest BCUT2D eigenvalue weighted by Crippen LogP contribution is 2.45. The maximum absolute atomic E-state index is 11.8. The van der Waals surface area contributed by atoms with Crippen LogP contribution in [-0.4, -0.2) is 61.2 Å². The molecule has 23 heavy (non-hydrogen) atoms. The number of hydrogen-bond donors (Lipinski definition) is 1. The van der Waals surface area contributed by atoms with Gasteiger partial charge in [0.15, 0.2) is 0 Å². The fraction of sp³-hybridized carbons (Fsp3) is 0.611. The van der Waals surface area contributed by atoms with Crippen LogP contribution in [0.2, 0.25) is 0 Å². The first-order chi connectivity index (χ1) is 11.0. The molecular formula is C18H26N2O3. The van der Waals surface area contributed by atoms with E-state index in [0.717, 1.165) is 44.8 Å². The predicted molar refractivity (Wildman–Crippen MR) is 88.6 cm³/mol. The van der Waals surface area contributed by atoms with E-state index in [9.17, 15) is 9.90 Å². The van der Waals surface area contributed by atoms with Crippen LogP contribution in [0, 0.1) is 11.3 Å². The molecule has 0 amide bonds. The Hall–Kier alpha value is -1.59. The second-order valence-corrected chi connectivity index (χ2v) is 7.08. The molecule has 2 fully saturated rings. The van der Waals surface area contributed by atoms with Gasteiger partial charge in [-0.3, -0.25) is 9.69 Å². The molecule has 1 N–H and O–H groups in total. The number of ether oxygens (including phenoxy) is 1. The lowest BCUT2D eigenvalue weighted by atomic mass is 9.71. The molecule has 2 heterocycles. The fourth-order valence-electron chi connectivity index (χ4n) is 4.13. The lowest BCUT2D eigenvalue weighted by molar-refractivity contribution is -0.145. The number of carboxylic acid groups (broad SMARTS) is 1. The summed E-state index contributed by atoms with van der Waals surface area (Å²) < 4.78 is 5.28. The maximum Gasteiger partial charge on any atom is 0.308 e. The Morgan fingerprint density at radius 2 is 2.13 bits per heavy atom. The van der Waals surface area contributed by atoms with E-state index in [2.05, 4.69) is 22.9 Å². The van der Waals surface area contributed by atoms with Gasteiger partial charge in [-0.05, 0) is 50.7 Å². The number of carbonyl (C=O) groups is 1. The minimum Gasteiger partial charge on any atom is -0.497 e. The maximum atomic E-state index is 11.8. The lowest BCUT2D eigenvalue weighted by Gasteiger charge is -2.40. The van der Waals surface area contributed by atoms with Crippen molar-refractivity contribution < 1.29 is 14.6 Å². The number of rotatable bonds is 4. The Balaban J connectivity index is 1.73. The van der Waals surface area contributed by atoms with Gasteiger partial charge in [0.05, 0.1) is 13.0 Å². The van der Waals surface area contributed by atoms with Crippen molar-refractivity contribution in [2.75, 3.05) is 40.3 Å². The molecule has 1 aromatic carbocycles. The summed E-state index contributed by atoms with van der Waals surface area (Å²) in [5, 5.41) is 9.70. The summed E-state index contributed by atoms with van der Waals surface area (Å²) in [6.07, 6.45) is 1.96. The monoisotopic (exact) mass is 318 g/mol. The Morgan fingerprint density at radius 1 is 1.39 bits per heavy atom. The van der Waals surface area contributed by atoms with Gasteiger partial charge in [0.2, 0.25) is 0 Å². The first-order valence-electron chi connectivity index (χ1n) is 8.29. The molecule has 1 aromatic rings. The molecular weight excluding hydrogens is 292 g/mol. The SMILES string of the molecule is COc1cccc(CN2C[C@H](C(=O)O)C3(CCN(C)CC3)C2)c1. The third kappa shape index (κ3) is 3.35. The van der Waals surface area contributed by atoms with Gasteiger partial charge in [-0.15, -0.1) is 0 Å². The quantitative estimate of drug-likeness (QED) is 0.919. The summed E-state index contributed by atoms with van der Waals surface area (Å²) in [5.74, 6) is -0.0324. The molecule has 3 rings (SSSR count). The number of carboxylic acids is 1. The first kappa shape index (κ1) is 16.3. The Bertz CT molecular complexity index is 567. The van der Waals surface area contributed by atoms with Gasteiger partial charge in [0, 0.05) is 25.0 Å². The zero-order valence-corrected chi connectivity index (χ0v) is 14.0. The lowest BCUT2D eigenvalue weighted by Crippen LogP contribution is -2.44. The van der Waals surface area contributed by atoms with Crippen LogP contribution >= 0.6 is 0 Å². The van der Waals surface area contributed by atoms with E-state index in [1.165, 1.54) is 5.56 Å². The first-order valence-corrected chi connectivity index (χ1v) is 8.29. The largest absolute Gasteiger partial charge is 0.497 e. The average Bonchev–Trinajstić information content (AvgIpc) is 2.89. The predicted octanol–water partition coefficient (Wildman–Crippen LogP) is 1.92. The number of piperidine rings is 1. The molecule has 0 saturated carbocycles. The number of likely N-dealkylation sites (tertiary alicyclic amines) is 2. The molecule has 0 radical (unpaired) electrons. The molecule has 0 bridgehead atoms. The average molecular weight is 318 g/mol. The molecule has 0 aliphatic carbocycles. The highest BCUT2D eigenvalue weighted by atomic mass is 16.5. The Kier molecular flexibility index (Phi) is 4.60. The van der Waals surface area contributed by atoms with Crippen LogP contribution in [0.4, 0.5) is 0 Å². The smallest absolute Gasteiger partial charge is 0.308 e. The van der Waals surface area contributed by atoms with Crippen molar-refractivity contribution >= 4 is 5.97 Å². The Labute approximate surface area is 137 Å². The van der Waals surface area contributed by atoms with Crippen molar-refractivity contribution in [1.29, 1.82) is 0 Å². The molecule has 0 aromatic heterocycles. The number of methoxy groups -OCH3 is 1. The van der Waals surface area contributed by atoms with E-state index in [1.54, 1.807) is 7.11 Å². The second kappa shape index (κ2) is 6.49. The topological polar surface area (TPSA) is 53.0 Å². The van der Waals surface area contributed by atoms with Crippen molar-refractivity contribution in [3.63, 3.8) is 0 Å². The molecule has 1 atom stereocenters. The van der Waals surface area contributed by atoms with Gasteiger partial charge in [0.1, 0.15) is 5.75 Å². The van der Waals surface area contributed by atoms with E-state index in [0.29, 0.717) is 6.54 Å². The molecule has 0 unspecified atom stereocenters. The summed E-state index contributed by atoms with van der Waals surface area (Å²) in [6, 6.07) is 8.05. The van der Waals surface area contributed by atoms with Crippen LogP contribution in [-0.2, 0) is 11.3 Å². The van der Waals surface area contributed by atoms with Crippen LogP contribution in [0.25, 0.3) is 0 Å². The zero-order valence-electron chi connectivity index (χ0n) is 14.0. The standard InChI is InChI=1S/C18H26N2O3/c1-19-8-6-18(7-9-19)13-20(12-16(18)17(21)22)11-14-4-3-5-15(10-14)23-2/h3-5,10,16H,6-9,11-13H2,1-2H3,(H,21,22)/t16-/m1/s1. The van der Waals surface area contributed by atoms with Crippen molar-refractivity contribution in [2.45, 2.75) is 19.4 Å². The number of nitrogens with zero attached hydrogens (tertiary/aromatic N) is 2. The zero-order chi connectivity index (χ0) is 16.4. The number of aliphatic carboxylic acids is 1. The molecule has 2 aliphatic rings. The van der Waals surface area contributed by atoms with E-state index in [1.807, 2.05) is 18.2 Å². The normalized spacial score (nSPS) is 24.9. The van der Waals surface area contributed by atoms with Crippen LogP contribution in [0.3, 0.4) is 0 Å². The number of benzene rings is 1. The molecule has 5 nitrogen and oxygen atoms in total. The summed E-state index contributed by atoms with van der Waals surface area (Å²) in [5.41, 5.74) is 1.12. The summed E-state index contributed by atoms with van der Waals surface area (Å²) in [6.45, 7) is 4.32. The molecule has 2 aliphatic heterocycles. The van der Waals surface area contributed by atoms with Crippen molar-refractivity contribution in [1.82, 2.24) is 9.80 Å². The molecule has 126 valence electrons. The second-order valence-electron chi connectivity index (χ2n) is 7.08. The highest BCUT2D eigenvalue weighted by Gasteiger charge is 2.50. The fourth-order valence-corrected chi connectivity index (χ4v) is 4.13. The van der Waals surface area contributed by atoms with Gasteiger partial charge in [-0.1, -0.05) is 12.1 Å². The van der Waals surface area contributed by atoms with Crippen molar-refractivity contribution in [2.24, 2.45) is 11.3 Å². The van der Waals surface area contributed by atoms with Gasteiger partial charge in [-0.25, -0.2) is 0 Å². The summed E-state index contributed by atoms with van der Waals surface area (Å²) in [7, 11) is 3.79. The minimum absolute atomic E-state index is 0.0583. The van der Waals surface area contributed by atoms with E-state index >= 15 is 0 Å². The summed E-state index contributed by atoms with van der Waals surface area (Å²) in [4.78, 5) is 16.4. The van der Waals surface area contributed by atoms with E-state index < -0.39 is 5.97 Å². The molecule has 5 heteroatoms. The summed E-state index contributed by atoms with van der Waals surface area (Å²) >= 11 is 0. The van der Waals surface area contributed by atoms with Crippen molar-refractivity contribution in [3.8, 4) is 5.75 Å². The Morgan fingerprint density at radius 3 is 2.78 bits per heavy atom. The van der Waals surface area contributed by atoms with Crippen molar-refractivity contribution in [3.05, 3.63) is 29.8 Å². The third-order valence-electron chi connectivity index (χ3n) is 5.54. The van der Waals surface area contributed by atoms with E-state index in [-0.39, 0.29) is 11.3 Å². The van der Waals surface area contributed by atoms with E-state index in [4.69, 9.17) is 4.74 Å². The molecule has 2 saturated heterocycles. The van der Waals surface area contributed by atoms with Gasteiger partial charge < -0.3 is 14.7 Å². The third-order valence-corrected chi connectivity index (χ3v) is 5.54. The van der Waals surface area contributed by atoms with Gasteiger partial charge in [-0.2, -0.15) is 0 Å². The van der Waals surface area contributed by atoms with Gasteiger partial charge in [0.25, 0.3) is 0 Å².